The molecule has 1 atom stereocenters. The molecule has 1 aromatic carbocycles. The van der Waals surface area contributed by atoms with Crippen LogP contribution in [0, 0.1) is 0 Å². The van der Waals surface area contributed by atoms with E-state index in [1.165, 1.54) is 16.4 Å². The second-order valence-corrected chi connectivity index (χ2v) is 5.80. The number of nitrogens with zero attached hydrogens (tertiary/aromatic N) is 2. The molecule has 1 heterocycles. The zero-order valence-electron chi connectivity index (χ0n) is 9.88. The van der Waals surface area contributed by atoms with Gasteiger partial charge in [0.15, 0.2) is 4.34 Å². The molecule has 0 saturated heterocycles. The highest BCUT2D eigenvalue weighted by Gasteiger charge is 2.10. The molecule has 90 valence electrons. The lowest BCUT2D eigenvalue weighted by atomic mass is 10.1. The SMILES string of the molecule is CCc1nsc(Sc2ccccc2[C@H](C)N)n1. The largest absolute Gasteiger partial charge is 0.324 e. The molecule has 5 heteroatoms. The zero-order chi connectivity index (χ0) is 12.3. The van der Waals surface area contributed by atoms with Gasteiger partial charge in [0.1, 0.15) is 5.82 Å². The maximum atomic E-state index is 5.95. The number of benzene rings is 1. The Balaban J connectivity index is 2.23. The molecule has 1 aromatic heterocycles. The highest BCUT2D eigenvalue weighted by Crippen LogP contribution is 2.33. The van der Waals surface area contributed by atoms with Gasteiger partial charge in [-0.15, -0.1) is 0 Å². The van der Waals surface area contributed by atoms with E-state index in [0.29, 0.717) is 0 Å². The van der Waals surface area contributed by atoms with E-state index in [1.54, 1.807) is 11.8 Å². The molecule has 0 unspecified atom stereocenters. The zero-order valence-corrected chi connectivity index (χ0v) is 11.5. The summed E-state index contributed by atoms with van der Waals surface area (Å²) >= 11 is 3.09. The third-order valence-corrected chi connectivity index (χ3v) is 4.25. The normalized spacial score (nSPS) is 12.6. The van der Waals surface area contributed by atoms with E-state index < -0.39 is 0 Å². The lowest BCUT2D eigenvalue weighted by Gasteiger charge is -2.10. The van der Waals surface area contributed by atoms with Crippen molar-refractivity contribution in [3.05, 3.63) is 35.7 Å². The second-order valence-electron chi connectivity index (χ2n) is 3.76. The molecule has 0 spiro atoms. The number of aromatic nitrogens is 2. The fourth-order valence-corrected chi connectivity index (χ4v) is 3.35. The molecule has 2 aromatic rings. The molecule has 0 amide bonds. The topological polar surface area (TPSA) is 51.8 Å². The van der Waals surface area contributed by atoms with Gasteiger partial charge in [0.2, 0.25) is 0 Å². The van der Waals surface area contributed by atoms with Gasteiger partial charge in [-0.3, -0.25) is 0 Å². The van der Waals surface area contributed by atoms with Crippen LogP contribution in [0.1, 0.15) is 31.3 Å². The predicted molar refractivity (Wildman–Crippen MR) is 72.5 cm³/mol. The van der Waals surface area contributed by atoms with E-state index in [2.05, 4.69) is 28.4 Å². The third-order valence-electron chi connectivity index (χ3n) is 2.37. The summed E-state index contributed by atoms with van der Waals surface area (Å²) in [7, 11) is 0. The van der Waals surface area contributed by atoms with Gasteiger partial charge in [0, 0.05) is 17.4 Å². The van der Waals surface area contributed by atoms with Crippen LogP contribution in [0.25, 0.3) is 0 Å². The van der Waals surface area contributed by atoms with E-state index in [9.17, 15) is 0 Å². The first-order valence-corrected chi connectivity index (χ1v) is 7.14. The Morgan fingerprint density at radius 3 is 2.82 bits per heavy atom. The van der Waals surface area contributed by atoms with Crippen molar-refractivity contribution in [1.82, 2.24) is 9.36 Å². The predicted octanol–water partition coefficient (Wildman–Crippen LogP) is 3.27. The Bertz CT molecular complexity index is 494. The maximum Gasteiger partial charge on any atom is 0.174 e. The summed E-state index contributed by atoms with van der Waals surface area (Å²) in [6.45, 7) is 4.06. The molecule has 0 radical (unpaired) electrons. The minimum atomic E-state index is 0.0391. The molecule has 3 nitrogen and oxygen atoms in total. The van der Waals surface area contributed by atoms with Crippen molar-refractivity contribution < 1.29 is 0 Å². The van der Waals surface area contributed by atoms with Crippen LogP contribution in [-0.2, 0) is 6.42 Å². The van der Waals surface area contributed by atoms with E-state index in [-0.39, 0.29) is 6.04 Å². The van der Waals surface area contributed by atoms with Crippen molar-refractivity contribution in [2.24, 2.45) is 5.73 Å². The van der Waals surface area contributed by atoms with Crippen LogP contribution in [-0.4, -0.2) is 9.36 Å². The summed E-state index contributed by atoms with van der Waals surface area (Å²) in [6, 6.07) is 8.22. The molecule has 0 saturated carbocycles. The highest BCUT2D eigenvalue weighted by molar-refractivity contribution is 8.01. The fourth-order valence-electron chi connectivity index (χ4n) is 1.47. The van der Waals surface area contributed by atoms with Gasteiger partial charge < -0.3 is 5.73 Å². The van der Waals surface area contributed by atoms with E-state index in [0.717, 1.165) is 22.1 Å². The van der Waals surface area contributed by atoms with Gasteiger partial charge in [-0.25, -0.2) is 4.98 Å². The number of hydrogen-bond acceptors (Lipinski definition) is 5. The highest BCUT2D eigenvalue weighted by atomic mass is 32.2. The van der Waals surface area contributed by atoms with Gasteiger partial charge in [-0.1, -0.05) is 36.9 Å². The lowest BCUT2D eigenvalue weighted by Crippen LogP contribution is -2.05. The average molecular weight is 265 g/mol. The average Bonchev–Trinajstić information content (AvgIpc) is 2.77. The van der Waals surface area contributed by atoms with Crippen LogP contribution in [0.15, 0.2) is 33.5 Å². The van der Waals surface area contributed by atoms with Gasteiger partial charge in [-0.05, 0) is 30.1 Å². The van der Waals surface area contributed by atoms with Crippen LogP contribution in [0.2, 0.25) is 0 Å². The van der Waals surface area contributed by atoms with Crippen molar-refractivity contribution in [3.8, 4) is 0 Å². The van der Waals surface area contributed by atoms with Gasteiger partial charge in [0.25, 0.3) is 0 Å². The minimum absolute atomic E-state index is 0.0391. The number of rotatable bonds is 4. The summed E-state index contributed by atoms with van der Waals surface area (Å²) in [5.41, 5.74) is 7.11. The summed E-state index contributed by atoms with van der Waals surface area (Å²) < 4.78 is 5.27. The molecule has 17 heavy (non-hydrogen) atoms. The van der Waals surface area contributed by atoms with Crippen LogP contribution in [0.5, 0.6) is 0 Å². The van der Waals surface area contributed by atoms with E-state index in [4.69, 9.17) is 5.73 Å². The molecule has 0 bridgehead atoms. The van der Waals surface area contributed by atoms with Gasteiger partial charge in [-0.2, -0.15) is 4.37 Å². The summed E-state index contributed by atoms with van der Waals surface area (Å²) in [5.74, 6) is 0.913. The Morgan fingerprint density at radius 1 is 1.41 bits per heavy atom. The van der Waals surface area contributed by atoms with Crippen molar-refractivity contribution in [3.63, 3.8) is 0 Å². The molecular weight excluding hydrogens is 250 g/mol. The van der Waals surface area contributed by atoms with Crippen molar-refractivity contribution in [2.45, 2.75) is 35.5 Å². The Labute approximate surface area is 110 Å². The molecule has 0 aliphatic heterocycles. The quantitative estimate of drug-likeness (QED) is 0.921. The standard InChI is InChI=1S/C12H15N3S2/c1-3-11-14-12(17-15-11)16-10-7-5-4-6-9(10)8(2)13/h4-8H,3,13H2,1-2H3/t8-/m0/s1. The Kier molecular flexibility index (Phi) is 4.15. The van der Waals surface area contributed by atoms with Gasteiger partial charge in [0.05, 0.1) is 0 Å². The lowest BCUT2D eigenvalue weighted by molar-refractivity contribution is 0.797. The van der Waals surface area contributed by atoms with Crippen molar-refractivity contribution >= 4 is 23.3 Å². The summed E-state index contributed by atoms with van der Waals surface area (Å²) in [5, 5.41) is 0. The van der Waals surface area contributed by atoms with Crippen LogP contribution in [0.4, 0.5) is 0 Å². The molecule has 0 aliphatic rings. The maximum absolute atomic E-state index is 5.95. The first kappa shape index (κ1) is 12.5. The van der Waals surface area contributed by atoms with E-state index >= 15 is 0 Å². The first-order chi connectivity index (χ1) is 8.20. The van der Waals surface area contributed by atoms with Crippen LogP contribution < -0.4 is 5.73 Å². The Morgan fingerprint density at radius 2 is 2.18 bits per heavy atom. The van der Waals surface area contributed by atoms with Gasteiger partial charge >= 0.3 is 0 Å². The first-order valence-electron chi connectivity index (χ1n) is 5.55. The number of nitrogens with two attached hydrogens (primary N) is 1. The molecule has 0 fully saturated rings. The van der Waals surface area contributed by atoms with Crippen LogP contribution in [0.3, 0.4) is 0 Å². The molecule has 0 aliphatic carbocycles. The van der Waals surface area contributed by atoms with E-state index in [1.807, 2.05) is 19.1 Å². The smallest absolute Gasteiger partial charge is 0.174 e. The number of aryl methyl sites for hydroxylation is 1. The monoisotopic (exact) mass is 265 g/mol. The molecule has 2 N–H and O–H groups in total. The second kappa shape index (κ2) is 5.62. The molecular formula is C12H15N3S2. The number of hydrogen-bond donors (Lipinski definition) is 1. The van der Waals surface area contributed by atoms with Crippen molar-refractivity contribution in [1.29, 1.82) is 0 Å². The third kappa shape index (κ3) is 3.06. The summed E-state index contributed by atoms with van der Waals surface area (Å²) in [4.78, 5) is 5.62. The fraction of sp³-hybridized carbons (Fsp3) is 0.333. The van der Waals surface area contributed by atoms with Crippen LogP contribution >= 0.6 is 23.3 Å². The molecule has 2 rings (SSSR count). The Hall–Kier alpha value is -0.910. The summed E-state index contributed by atoms with van der Waals surface area (Å²) in [6.07, 6.45) is 0.881. The van der Waals surface area contributed by atoms with Crippen molar-refractivity contribution in [2.75, 3.05) is 0 Å². The minimum Gasteiger partial charge on any atom is -0.324 e.